The van der Waals surface area contributed by atoms with Gasteiger partial charge in [0.15, 0.2) is 11.8 Å². The van der Waals surface area contributed by atoms with Gasteiger partial charge >= 0.3 is 11.8 Å². The third-order valence-corrected chi connectivity index (χ3v) is 2.10. The van der Waals surface area contributed by atoms with Crippen molar-refractivity contribution in [2.24, 2.45) is 0 Å². The highest BCUT2D eigenvalue weighted by Gasteiger charge is 2.16. The van der Waals surface area contributed by atoms with E-state index in [9.17, 15) is 19.7 Å². The second-order valence-corrected chi connectivity index (χ2v) is 3.41. The Bertz CT molecular complexity index is 469. The molecule has 0 aliphatic rings. The normalized spacial score (nSPS) is 11.8. The first-order valence-corrected chi connectivity index (χ1v) is 4.94. The van der Waals surface area contributed by atoms with E-state index in [0.717, 1.165) is 6.07 Å². The first-order valence-electron chi connectivity index (χ1n) is 4.94. The molecule has 9 nitrogen and oxygen atoms in total. The summed E-state index contributed by atoms with van der Waals surface area (Å²) in [5.41, 5.74) is -0.00786. The predicted molar refractivity (Wildman–Crippen MR) is 58.0 cm³/mol. The summed E-state index contributed by atoms with van der Waals surface area (Å²) in [4.78, 5) is 33.7. The molecule has 1 amide bonds. The zero-order chi connectivity index (χ0) is 13.7. The summed E-state index contributed by atoms with van der Waals surface area (Å²) in [7, 11) is 0. The van der Waals surface area contributed by atoms with Crippen LogP contribution in [0.1, 0.15) is 16.9 Å². The van der Waals surface area contributed by atoms with E-state index in [0.29, 0.717) is 0 Å². The van der Waals surface area contributed by atoms with Gasteiger partial charge in [-0.3, -0.25) is 4.79 Å². The molecule has 4 N–H and O–H groups in total. The molecule has 0 aromatic carbocycles. The molecule has 0 saturated heterocycles. The maximum atomic E-state index is 11.4. The van der Waals surface area contributed by atoms with Gasteiger partial charge in [0.25, 0.3) is 5.91 Å². The minimum absolute atomic E-state index is 0.00786. The number of carboxylic acids is 1. The highest BCUT2D eigenvalue weighted by atomic mass is 16.6. The van der Waals surface area contributed by atoms with Crippen molar-refractivity contribution in [1.82, 2.24) is 10.3 Å². The SMILES string of the molecule is O=C(NCC[C@H](O)C(=O)O)c1ccc([N+](=O)[O-])[nH]1. The van der Waals surface area contributed by atoms with Crippen LogP contribution in [-0.4, -0.2) is 44.6 Å². The Morgan fingerprint density at radius 1 is 1.50 bits per heavy atom. The van der Waals surface area contributed by atoms with Gasteiger partial charge in [-0.25, -0.2) is 9.78 Å². The maximum Gasteiger partial charge on any atom is 0.332 e. The monoisotopic (exact) mass is 257 g/mol. The summed E-state index contributed by atoms with van der Waals surface area (Å²) in [6.07, 6.45) is -1.70. The fraction of sp³-hybridized carbons (Fsp3) is 0.333. The Morgan fingerprint density at radius 2 is 2.17 bits per heavy atom. The first kappa shape index (κ1) is 13.6. The molecular weight excluding hydrogens is 246 g/mol. The van der Waals surface area contributed by atoms with Crippen molar-refractivity contribution in [3.05, 3.63) is 27.9 Å². The van der Waals surface area contributed by atoms with E-state index in [-0.39, 0.29) is 24.5 Å². The van der Waals surface area contributed by atoms with E-state index in [1.165, 1.54) is 6.07 Å². The molecule has 1 rings (SSSR count). The third-order valence-electron chi connectivity index (χ3n) is 2.10. The smallest absolute Gasteiger partial charge is 0.332 e. The number of carboxylic acid groups (broad SMARTS) is 1. The van der Waals surface area contributed by atoms with Crippen molar-refractivity contribution in [2.75, 3.05) is 6.54 Å². The van der Waals surface area contributed by atoms with Crippen molar-refractivity contribution in [2.45, 2.75) is 12.5 Å². The van der Waals surface area contributed by atoms with Gasteiger partial charge in [0.2, 0.25) is 0 Å². The molecule has 1 aromatic heterocycles. The van der Waals surface area contributed by atoms with Crippen LogP contribution in [0.25, 0.3) is 0 Å². The molecule has 0 radical (unpaired) electrons. The molecule has 0 saturated carbocycles. The number of aliphatic hydroxyl groups is 1. The average molecular weight is 257 g/mol. The lowest BCUT2D eigenvalue weighted by Gasteiger charge is -2.05. The molecule has 0 aliphatic heterocycles. The van der Waals surface area contributed by atoms with Crippen molar-refractivity contribution >= 4 is 17.7 Å². The first-order chi connectivity index (χ1) is 8.41. The van der Waals surface area contributed by atoms with Gasteiger partial charge in [-0.1, -0.05) is 0 Å². The van der Waals surface area contributed by atoms with Crippen molar-refractivity contribution < 1.29 is 24.7 Å². The Labute approximate surface area is 101 Å². The number of carbonyl (C=O) groups excluding carboxylic acids is 1. The van der Waals surface area contributed by atoms with Gasteiger partial charge in [0.1, 0.15) is 0 Å². The molecule has 0 unspecified atom stereocenters. The van der Waals surface area contributed by atoms with E-state index in [2.05, 4.69) is 10.3 Å². The van der Waals surface area contributed by atoms with Gasteiger partial charge in [-0.15, -0.1) is 0 Å². The van der Waals surface area contributed by atoms with Crippen molar-refractivity contribution in [3.63, 3.8) is 0 Å². The Kier molecular flexibility index (Phi) is 4.38. The largest absolute Gasteiger partial charge is 0.479 e. The highest BCUT2D eigenvalue weighted by molar-refractivity contribution is 5.92. The van der Waals surface area contributed by atoms with E-state index in [4.69, 9.17) is 10.2 Å². The summed E-state index contributed by atoms with van der Waals surface area (Å²) in [5, 5.41) is 30.0. The van der Waals surface area contributed by atoms with Gasteiger partial charge < -0.3 is 25.6 Å². The number of aliphatic hydroxyl groups excluding tert-OH is 1. The van der Waals surface area contributed by atoms with Crippen LogP contribution in [-0.2, 0) is 4.79 Å². The zero-order valence-electron chi connectivity index (χ0n) is 9.12. The summed E-state index contributed by atoms with van der Waals surface area (Å²) < 4.78 is 0. The lowest BCUT2D eigenvalue weighted by Crippen LogP contribution is -2.30. The minimum Gasteiger partial charge on any atom is -0.479 e. The number of nitro groups is 1. The van der Waals surface area contributed by atoms with Crippen molar-refractivity contribution in [1.29, 1.82) is 0 Å². The lowest BCUT2D eigenvalue weighted by molar-refractivity contribution is -0.389. The maximum absolute atomic E-state index is 11.4. The van der Waals surface area contributed by atoms with Gasteiger partial charge in [0, 0.05) is 19.0 Å². The number of nitrogens with zero attached hydrogens (tertiary/aromatic N) is 1. The number of carbonyl (C=O) groups is 2. The summed E-state index contributed by atoms with van der Waals surface area (Å²) in [5.74, 6) is -2.30. The summed E-state index contributed by atoms with van der Waals surface area (Å²) in [6, 6.07) is 2.38. The summed E-state index contributed by atoms with van der Waals surface area (Å²) in [6.45, 7) is -0.0564. The van der Waals surface area contributed by atoms with Crippen LogP contribution in [0.4, 0.5) is 5.82 Å². The Morgan fingerprint density at radius 3 is 2.67 bits per heavy atom. The molecule has 1 atom stereocenters. The van der Waals surface area contributed by atoms with Crippen molar-refractivity contribution in [3.8, 4) is 0 Å². The molecule has 0 bridgehead atoms. The quantitative estimate of drug-likeness (QED) is 0.398. The number of aromatic amines is 1. The van der Waals surface area contributed by atoms with Crippen LogP contribution in [0, 0.1) is 10.1 Å². The topological polar surface area (TPSA) is 146 Å². The number of rotatable bonds is 6. The predicted octanol–water partition coefficient (Wildman–Crippen LogP) is -0.512. The summed E-state index contributed by atoms with van der Waals surface area (Å²) >= 11 is 0. The third kappa shape index (κ3) is 3.56. The van der Waals surface area contributed by atoms with Gasteiger partial charge in [-0.2, -0.15) is 0 Å². The number of H-pyrrole nitrogens is 1. The molecule has 9 heteroatoms. The van der Waals surface area contributed by atoms with Crippen LogP contribution >= 0.6 is 0 Å². The number of hydrogen-bond acceptors (Lipinski definition) is 5. The molecule has 1 heterocycles. The molecule has 0 fully saturated rings. The number of aliphatic carboxylic acids is 1. The molecule has 18 heavy (non-hydrogen) atoms. The fourth-order valence-corrected chi connectivity index (χ4v) is 1.16. The van der Waals surface area contributed by atoms with E-state index < -0.39 is 22.9 Å². The zero-order valence-corrected chi connectivity index (χ0v) is 9.12. The number of hydrogen-bond donors (Lipinski definition) is 4. The van der Waals surface area contributed by atoms with E-state index >= 15 is 0 Å². The minimum atomic E-state index is -1.55. The number of amides is 1. The van der Waals surface area contributed by atoms with Gasteiger partial charge in [0.05, 0.1) is 0 Å². The number of aromatic nitrogens is 1. The van der Waals surface area contributed by atoms with Crippen LogP contribution in [0.2, 0.25) is 0 Å². The highest BCUT2D eigenvalue weighted by Crippen LogP contribution is 2.09. The van der Waals surface area contributed by atoms with Crippen LogP contribution in [0.5, 0.6) is 0 Å². The number of nitrogens with one attached hydrogen (secondary N) is 2. The van der Waals surface area contributed by atoms with Crippen LogP contribution in [0.3, 0.4) is 0 Å². The van der Waals surface area contributed by atoms with Crippen LogP contribution < -0.4 is 5.32 Å². The fourth-order valence-electron chi connectivity index (χ4n) is 1.16. The van der Waals surface area contributed by atoms with Crippen LogP contribution in [0.15, 0.2) is 12.1 Å². The second kappa shape index (κ2) is 5.77. The van der Waals surface area contributed by atoms with E-state index in [1.54, 1.807) is 0 Å². The molecule has 0 aliphatic carbocycles. The standard InChI is InChI=1S/C9H11N3O6/c13-6(9(15)16)3-4-10-8(14)5-1-2-7(11-5)12(17)18/h1-2,6,11,13H,3-4H2,(H,10,14)(H,15,16)/t6-/m0/s1. The Hall–Kier alpha value is -2.42. The average Bonchev–Trinajstić information content (AvgIpc) is 2.77. The molecule has 0 spiro atoms. The van der Waals surface area contributed by atoms with E-state index in [1.807, 2.05) is 0 Å². The van der Waals surface area contributed by atoms with Gasteiger partial charge in [-0.05, 0) is 11.0 Å². The lowest BCUT2D eigenvalue weighted by atomic mass is 10.2. The molecule has 98 valence electrons. The molecule has 1 aromatic rings. The second-order valence-electron chi connectivity index (χ2n) is 3.41. The Balaban J connectivity index is 2.45. The molecular formula is C9H11N3O6.